The van der Waals surface area contributed by atoms with Crippen LogP contribution in [0.1, 0.15) is 12.5 Å². The first kappa shape index (κ1) is 21.2. The number of amides is 1. The van der Waals surface area contributed by atoms with Crippen LogP contribution >= 0.6 is 34.8 Å². The number of nitrogens with zero attached hydrogens (tertiary/aromatic N) is 1. The lowest BCUT2D eigenvalue weighted by atomic mass is 10.2. The number of carbonyl (C=O) groups excluding carboxylic acids is 1. The number of halogens is 3. The van der Waals surface area contributed by atoms with E-state index in [1.165, 1.54) is 18.3 Å². The number of methoxy groups -OCH3 is 1. The van der Waals surface area contributed by atoms with Crippen molar-refractivity contribution in [3.05, 3.63) is 51.0 Å². The average molecular weight is 432 g/mol. The van der Waals surface area contributed by atoms with E-state index < -0.39 is 5.91 Å². The van der Waals surface area contributed by atoms with Gasteiger partial charge < -0.3 is 14.2 Å². The van der Waals surface area contributed by atoms with Crippen molar-refractivity contribution in [3.63, 3.8) is 0 Å². The number of ether oxygens (including phenoxy) is 3. The highest BCUT2D eigenvalue weighted by Crippen LogP contribution is 2.35. The van der Waals surface area contributed by atoms with Gasteiger partial charge in [-0.3, -0.25) is 4.79 Å². The Hall–Kier alpha value is -2.15. The zero-order valence-corrected chi connectivity index (χ0v) is 16.9. The van der Waals surface area contributed by atoms with E-state index in [4.69, 9.17) is 49.0 Å². The lowest BCUT2D eigenvalue weighted by Gasteiger charge is -2.10. The van der Waals surface area contributed by atoms with Crippen molar-refractivity contribution in [1.29, 1.82) is 0 Å². The lowest BCUT2D eigenvalue weighted by Crippen LogP contribution is -2.24. The van der Waals surface area contributed by atoms with Crippen LogP contribution in [0.3, 0.4) is 0 Å². The third kappa shape index (κ3) is 6.20. The molecule has 0 radical (unpaired) electrons. The second kappa shape index (κ2) is 10.3. The van der Waals surface area contributed by atoms with Gasteiger partial charge in [0.1, 0.15) is 0 Å². The van der Waals surface area contributed by atoms with Crippen molar-refractivity contribution < 1.29 is 19.0 Å². The molecule has 27 heavy (non-hydrogen) atoms. The molecular formula is C18H17Cl3N2O4. The maximum atomic E-state index is 11.9. The maximum Gasteiger partial charge on any atom is 0.277 e. The summed E-state index contributed by atoms with van der Waals surface area (Å²) in [6.45, 7) is 2.10. The molecule has 2 rings (SSSR count). The van der Waals surface area contributed by atoms with Crippen molar-refractivity contribution in [2.24, 2.45) is 5.10 Å². The molecular weight excluding hydrogens is 415 g/mol. The summed E-state index contributed by atoms with van der Waals surface area (Å²) in [5, 5.41) is 4.67. The molecule has 2 aromatic carbocycles. The number of hydrazone groups is 1. The van der Waals surface area contributed by atoms with Crippen molar-refractivity contribution in [1.82, 2.24) is 5.43 Å². The molecule has 9 heteroatoms. The fraction of sp³-hybridized carbons (Fsp3) is 0.222. The Labute approximate surface area is 172 Å². The quantitative estimate of drug-likeness (QED) is 0.490. The molecule has 0 bridgehead atoms. The van der Waals surface area contributed by atoms with Gasteiger partial charge in [0.2, 0.25) is 0 Å². The third-order valence-electron chi connectivity index (χ3n) is 3.20. The van der Waals surface area contributed by atoms with Crippen LogP contribution in [0.15, 0.2) is 35.4 Å². The molecule has 0 atom stereocenters. The molecule has 0 aliphatic rings. The summed E-state index contributed by atoms with van der Waals surface area (Å²) in [7, 11) is 1.55. The van der Waals surface area contributed by atoms with Gasteiger partial charge in [-0.2, -0.15) is 5.10 Å². The van der Waals surface area contributed by atoms with Crippen LogP contribution in [0.4, 0.5) is 0 Å². The Morgan fingerprint density at radius 1 is 1.11 bits per heavy atom. The van der Waals surface area contributed by atoms with Crippen LogP contribution in [0.2, 0.25) is 15.1 Å². The van der Waals surface area contributed by atoms with Crippen LogP contribution in [0.25, 0.3) is 0 Å². The van der Waals surface area contributed by atoms with Crippen molar-refractivity contribution in [3.8, 4) is 17.2 Å². The molecule has 0 aliphatic heterocycles. The van der Waals surface area contributed by atoms with Gasteiger partial charge in [0.15, 0.2) is 23.9 Å². The van der Waals surface area contributed by atoms with Gasteiger partial charge in [-0.15, -0.1) is 0 Å². The Kier molecular flexibility index (Phi) is 8.03. The van der Waals surface area contributed by atoms with E-state index in [-0.39, 0.29) is 22.4 Å². The van der Waals surface area contributed by atoms with Gasteiger partial charge in [-0.05, 0) is 42.8 Å². The number of rotatable bonds is 8. The normalized spacial score (nSPS) is 10.7. The minimum atomic E-state index is -0.480. The average Bonchev–Trinajstić information content (AvgIpc) is 2.62. The smallest absolute Gasteiger partial charge is 0.277 e. The molecule has 0 spiro atoms. The van der Waals surface area contributed by atoms with E-state index in [1.807, 2.05) is 6.92 Å². The first-order valence-corrected chi connectivity index (χ1v) is 8.98. The van der Waals surface area contributed by atoms with Crippen LogP contribution in [0, 0.1) is 0 Å². The minimum absolute atomic E-state index is 0.179. The Morgan fingerprint density at radius 2 is 1.81 bits per heavy atom. The minimum Gasteiger partial charge on any atom is -0.493 e. The molecule has 0 unspecified atom stereocenters. The highest BCUT2D eigenvalue weighted by atomic mass is 35.5. The Bertz CT molecular complexity index is 820. The van der Waals surface area contributed by atoms with Crippen LogP contribution in [-0.4, -0.2) is 32.4 Å². The third-order valence-corrected chi connectivity index (χ3v) is 3.98. The summed E-state index contributed by atoms with van der Waals surface area (Å²) >= 11 is 17.8. The summed E-state index contributed by atoms with van der Waals surface area (Å²) in [6.07, 6.45) is 1.47. The molecule has 1 amide bonds. The monoisotopic (exact) mass is 430 g/mol. The Balaban J connectivity index is 1.92. The van der Waals surface area contributed by atoms with E-state index in [0.29, 0.717) is 23.1 Å². The van der Waals surface area contributed by atoms with E-state index >= 15 is 0 Å². The molecule has 0 fully saturated rings. The van der Waals surface area contributed by atoms with Crippen LogP contribution in [-0.2, 0) is 4.79 Å². The van der Waals surface area contributed by atoms with Gasteiger partial charge >= 0.3 is 0 Å². The topological polar surface area (TPSA) is 69.2 Å². The predicted molar refractivity (Wildman–Crippen MR) is 107 cm³/mol. The molecule has 0 aromatic heterocycles. The highest BCUT2D eigenvalue weighted by Gasteiger charge is 2.11. The van der Waals surface area contributed by atoms with Gasteiger partial charge in [-0.1, -0.05) is 34.8 Å². The zero-order chi connectivity index (χ0) is 19.8. The fourth-order valence-corrected chi connectivity index (χ4v) is 2.98. The fourth-order valence-electron chi connectivity index (χ4n) is 2.05. The number of nitrogens with one attached hydrogen (secondary N) is 1. The summed E-state index contributed by atoms with van der Waals surface area (Å²) in [4.78, 5) is 11.9. The molecule has 0 saturated carbocycles. The van der Waals surface area contributed by atoms with E-state index in [1.54, 1.807) is 25.3 Å². The number of benzene rings is 2. The summed E-state index contributed by atoms with van der Waals surface area (Å²) in [5.41, 5.74) is 3.07. The van der Waals surface area contributed by atoms with Crippen molar-refractivity contribution >= 4 is 46.9 Å². The largest absolute Gasteiger partial charge is 0.493 e. The van der Waals surface area contributed by atoms with Crippen LogP contribution < -0.4 is 19.6 Å². The van der Waals surface area contributed by atoms with Gasteiger partial charge in [0.25, 0.3) is 5.91 Å². The van der Waals surface area contributed by atoms with Crippen LogP contribution in [0.5, 0.6) is 17.2 Å². The predicted octanol–water partition coefficient (Wildman–Crippen LogP) is 4.58. The molecule has 0 aliphatic carbocycles. The first-order valence-electron chi connectivity index (χ1n) is 7.84. The summed E-state index contributed by atoms with van der Waals surface area (Å²) in [5.74, 6) is 0.901. The zero-order valence-electron chi connectivity index (χ0n) is 14.6. The van der Waals surface area contributed by atoms with E-state index in [0.717, 1.165) is 5.56 Å². The summed E-state index contributed by atoms with van der Waals surface area (Å²) in [6, 6.07) is 8.23. The molecule has 0 saturated heterocycles. The van der Waals surface area contributed by atoms with E-state index in [9.17, 15) is 4.79 Å². The van der Waals surface area contributed by atoms with E-state index in [2.05, 4.69) is 10.5 Å². The molecule has 144 valence electrons. The molecule has 1 N–H and O–H groups in total. The van der Waals surface area contributed by atoms with Gasteiger partial charge in [0.05, 0.1) is 30.0 Å². The molecule has 2 aromatic rings. The molecule has 0 heterocycles. The summed E-state index contributed by atoms with van der Waals surface area (Å²) < 4.78 is 16.0. The maximum absolute atomic E-state index is 11.9. The number of hydrogen-bond donors (Lipinski definition) is 1. The lowest BCUT2D eigenvalue weighted by molar-refractivity contribution is -0.123. The number of hydrogen-bond acceptors (Lipinski definition) is 5. The van der Waals surface area contributed by atoms with Gasteiger partial charge in [-0.25, -0.2) is 5.43 Å². The molecule has 6 nitrogen and oxygen atoms in total. The highest BCUT2D eigenvalue weighted by molar-refractivity contribution is 6.40. The second-order valence-electron chi connectivity index (χ2n) is 5.12. The van der Waals surface area contributed by atoms with Gasteiger partial charge in [0, 0.05) is 5.02 Å². The SMILES string of the molecule is CCOc1ccc(/C=N\NC(=O)COc2c(Cl)cc(Cl)cc2Cl)cc1OC. The second-order valence-corrected chi connectivity index (χ2v) is 6.37. The van der Waals surface area contributed by atoms with Crippen molar-refractivity contribution in [2.45, 2.75) is 6.92 Å². The Morgan fingerprint density at radius 3 is 2.44 bits per heavy atom. The number of carbonyl (C=O) groups is 1. The van der Waals surface area contributed by atoms with Crippen molar-refractivity contribution in [2.75, 3.05) is 20.3 Å². The first-order chi connectivity index (χ1) is 12.9. The standard InChI is InChI=1S/C18H17Cl3N2O4/c1-3-26-15-5-4-11(6-16(15)25-2)9-22-23-17(24)10-27-18-13(20)7-12(19)8-14(18)21/h4-9H,3,10H2,1-2H3,(H,23,24)/b22-9-.